The molecular formula is C31H46N6O6S. The first-order valence-corrected chi connectivity index (χ1v) is 16.2. The summed E-state index contributed by atoms with van der Waals surface area (Å²) >= 11 is 1.36. The Morgan fingerprint density at radius 3 is 2.27 bits per heavy atom. The van der Waals surface area contributed by atoms with E-state index in [4.69, 9.17) is 5.73 Å². The van der Waals surface area contributed by atoms with Gasteiger partial charge in [0.2, 0.25) is 17.6 Å². The van der Waals surface area contributed by atoms with E-state index in [1.165, 1.54) is 16.2 Å². The Bertz CT molecular complexity index is 1300. The summed E-state index contributed by atoms with van der Waals surface area (Å²) in [6.45, 7) is 13.5. The van der Waals surface area contributed by atoms with Crippen molar-refractivity contribution < 1.29 is 28.8 Å². The van der Waals surface area contributed by atoms with Crippen LogP contribution >= 0.6 is 11.3 Å². The third-order valence-electron chi connectivity index (χ3n) is 9.40. The quantitative estimate of drug-likeness (QED) is 0.240. The van der Waals surface area contributed by atoms with Gasteiger partial charge in [0.05, 0.1) is 23.5 Å². The molecule has 13 heteroatoms. The molecule has 2 heterocycles. The third kappa shape index (κ3) is 7.30. The second-order valence-corrected chi connectivity index (χ2v) is 15.5. The maximum absolute atomic E-state index is 14.2. The number of carbonyl (C=O) groups is 6. The number of hydrogen-bond acceptors (Lipinski definition) is 8. The summed E-state index contributed by atoms with van der Waals surface area (Å²) in [5.41, 5.74) is 4.35. The van der Waals surface area contributed by atoms with Gasteiger partial charge in [-0.05, 0) is 40.9 Å². The minimum atomic E-state index is -1.10. The smallest absolute Gasteiger partial charge is 0.316 e. The summed E-state index contributed by atoms with van der Waals surface area (Å²) in [6.07, 6.45) is 3.87. The van der Waals surface area contributed by atoms with Crippen LogP contribution < -0.4 is 21.7 Å². The van der Waals surface area contributed by atoms with E-state index in [-0.39, 0.29) is 41.3 Å². The van der Waals surface area contributed by atoms with Crippen LogP contribution in [0.15, 0.2) is 11.6 Å². The molecule has 1 aromatic heterocycles. The maximum Gasteiger partial charge on any atom is 0.316 e. The van der Waals surface area contributed by atoms with Gasteiger partial charge in [-0.25, -0.2) is 9.78 Å². The monoisotopic (exact) mass is 630 g/mol. The fraction of sp³-hybridized carbons (Fsp3) is 0.710. The molecule has 1 aromatic rings. The van der Waals surface area contributed by atoms with Crippen molar-refractivity contribution in [3.05, 3.63) is 16.6 Å². The maximum atomic E-state index is 14.2. The van der Waals surface area contributed by atoms with Gasteiger partial charge in [0.1, 0.15) is 12.1 Å². The minimum Gasteiger partial charge on any atom is -0.363 e. The van der Waals surface area contributed by atoms with Gasteiger partial charge in [0.15, 0.2) is 5.78 Å². The predicted molar refractivity (Wildman–Crippen MR) is 164 cm³/mol. The van der Waals surface area contributed by atoms with Crippen molar-refractivity contribution in [1.82, 2.24) is 25.8 Å². The highest BCUT2D eigenvalue weighted by Crippen LogP contribution is 2.65. The second-order valence-electron chi connectivity index (χ2n) is 14.6. The fourth-order valence-corrected chi connectivity index (χ4v) is 7.13. The molecule has 242 valence electrons. The number of ketones is 2. The Morgan fingerprint density at radius 1 is 1.09 bits per heavy atom. The Labute approximate surface area is 262 Å². The lowest BCUT2D eigenvalue weighted by Gasteiger charge is -2.38. The summed E-state index contributed by atoms with van der Waals surface area (Å²) in [7, 11) is 0. The van der Waals surface area contributed by atoms with E-state index < -0.39 is 59.1 Å². The number of Topliss-reactive ketones (excluding diaryl/α,β-unsaturated/α-hetero) is 2. The molecule has 0 bridgehead atoms. The summed E-state index contributed by atoms with van der Waals surface area (Å²) in [5.74, 6) is -3.09. The van der Waals surface area contributed by atoms with Crippen molar-refractivity contribution in [2.45, 2.75) is 98.3 Å². The van der Waals surface area contributed by atoms with Crippen LogP contribution in [-0.4, -0.2) is 75.9 Å². The van der Waals surface area contributed by atoms with E-state index in [9.17, 15) is 28.8 Å². The molecule has 0 aromatic carbocycles. The highest BCUT2D eigenvalue weighted by atomic mass is 32.1. The average molecular weight is 631 g/mol. The van der Waals surface area contributed by atoms with Crippen molar-refractivity contribution in [2.24, 2.45) is 40.2 Å². The molecule has 1 saturated heterocycles. The molecule has 3 aliphatic rings. The Kier molecular flexibility index (Phi) is 9.58. The van der Waals surface area contributed by atoms with Gasteiger partial charge in [0, 0.05) is 18.1 Å². The largest absolute Gasteiger partial charge is 0.363 e. The molecule has 6 atom stereocenters. The molecule has 0 spiro atoms. The number of urea groups is 1. The Morgan fingerprint density at radius 2 is 1.75 bits per heavy atom. The molecule has 0 radical (unpaired) electrons. The van der Waals surface area contributed by atoms with Gasteiger partial charge < -0.3 is 26.6 Å². The SMILES string of the molecule is CC(C)[C@H](NC(=O)N[C@H](C(=O)N1C[C@H]2[C@@H](C1C(=O)NC(CC1CC1)C(=O)C(N)=O)C2(C)C)C(C)(C)C)C(=O)Cc1nccs1. The van der Waals surface area contributed by atoms with E-state index >= 15 is 0 Å². The van der Waals surface area contributed by atoms with Gasteiger partial charge in [-0.2, -0.15) is 0 Å². The summed E-state index contributed by atoms with van der Waals surface area (Å²) in [5, 5.41) is 10.8. The zero-order valence-corrected chi connectivity index (χ0v) is 27.5. The Hall–Kier alpha value is -3.35. The molecular weight excluding hydrogens is 584 g/mol. The van der Waals surface area contributed by atoms with Crippen molar-refractivity contribution in [3.8, 4) is 0 Å². The van der Waals surface area contributed by atoms with Gasteiger partial charge in [0.25, 0.3) is 5.91 Å². The molecule has 44 heavy (non-hydrogen) atoms. The number of primary amides is 1. The molecule has 12 nitrogen and oxygen atoms in total. The molecule has 2 aliphatic carbocycles. The molecule has 2 saturated carbocycles. The van der Waals surface area contributed by atoms with Crippen LogP contribution in [0.2, 0.25) is 0 Å². The normalized spacial score (nSPS) is 24.1. The first-order valence-electron chi connectivity index (χ1n) is 15.4. The number of nitrogens with two attached hydrogens (primary N) is 1. The van der Waals surface area contributed by atoms with Crippen LogP contribution in [0.4, 0.5) is 4.79 Å². The van der Waals surface area contributed by atoms with Gasteiger partial charge in [-0.3, -0.25) is 24.0 Å². The standard InChI is InChI=1S/C31H46N6O6S/c1-15(2)22(19(38)13-20-33-10-11-44-20)35-29(43)36-25(30(3,4)5)28(42)37-14-17-21(31(17,6)7)23(37)27(41)34-18(12-16-8-9-16)24(39)26(32)40/h10-11,15-18,21-23,25H,8-9,12-14H2,1-7H3,(H2,32,40)(H,34,41)(H2,35,36,43)/t17-,18?,21-,22-,23?,25+/m0/s1. The summed E-state index contributed by atoms with van der Waals surface area (Å²) < 4.78 is 0. The number of nitrogens with zero attached hydrogens (tertiary/aromatic N) is 2. The number of likely N-dealkylation sites (tertiary alicyclic amines) is 1. The van der Waals surface area contributed by atoms with Crippen molar-refractivity contribution in [3.63, 3.8) is 0 Å². The summed E-state index contributed by atoms with van der Waals surface area (Å²) in [6, 6.07) is -4.38. The number of carbonyl (C=O) groups excluding carboxylic acids is 6. The van der Waals surface area contributed by atoms with Gasteiger partial charge in [-0.1, -0.05) is 61.3 Å². The molecule has 3 fully saturated rings. The van der Waals surface area contributed by atoms with Crippen molar-refractivity contribution >= 4 is 46.7 Å². The van der Waals surface area contributed by atoms with E-state index in [0.29, 0.717) is 18.0 Å². The Balaban J connectivity index is 1.50. The summed E-state index contributed by atoms with van der Waals surface area (Å²) in [4.78, 5) is 84.3. The van der Waals surface area contributed by atoms with Crippen LogP contribution in [0.25, 0.3) is 0 Å². The van der Waals surface area contributed by atoms with E-state index in [1.54, 1.807) is 11.6 Å². The zero-order valence-electron chi connectivity index (χ0n) is 26.6. The lowest BCUT2D eigenvalue weighted by molar-refractivity contribution is -0.145. The van der Waals surface area contributed by atoms with Gasteiger partial charge in [-0.15, -0.1) is 11.3 Å². The molecule has 4 rings (SSSR count). The number of aromatic nitrogens is 1. The number of hydrogen-bond donors (Lipinski definition) is 4. The van der Waals surface area contributed by atoms with Crippen molar-refractivity contribution in [2.75, 3.05) is 6.54 Å². The van der Waals surface area contributed by atoms with Crippen LogP contribution in [0, 0.1) is 34.5 Å². The minimum absolute atomic E-state index is 0.0687. The number of nitrogens with one attached hydrogen (secondary N) is 3. The lowest BCUT2D eigenvalue weighted by atomic mass is 9.85. The van der Waals surface area contributed by atoms with Crippen molar-refractivity contribution in [1.29, 1.82) is 0 Å². The zero-order chi connectivity index (χ0) is 32.7. The van der Waals surface area contributed by atoms with E-state index in [2.05, 4.69) is 20.9 Å². The number of piperidine rings is 1. The number of thiazole rings is 1. The van der Waals surface area contributed by atoms with E-state index in [0.717, 1.165) is 12.8 Å². The first kappa shape index (κ1) is 33.5. The third-order valence-corrected chi connectivity index (χ3v) is 10.2. The van der Waals surface area contributed by atoms with Crippen LogP contribution in [0.5, 0.6) is 0 Å². The van der Waals surface area contributed by atoms with E-state index in [1.807, 2.05) is 48.5 Å². The molecule has 5 amide bonds. The van der Waals surface area contributed by atoms with Gasteiger partial charge >= 0.3 is 6.03 Å². The predicted octanol–water partition coefficient (Wildman–Crippen LogP) is 1.82. The highest BCUT2D eigenvalue weighted by molar-refractivity contribution is 7.09. The lowest BCUT2D eigenvalue weighted by Crippen LogP contribution is -2.62. The first-order chi connectivity index (χ1) is 20.4. The fourth-order valence-electron chi connectivity index (χ4n) is 6.51. The van der Waals surface area contributed by atoms with Crippen LogP contribution in [0.3, 0.4) is 0 Å². The molecule has 2 unspecified atom stereocenters. The average Bonchev–Trinajstić information content (AvgIpc) is 3.63. The van der Waals surface area contributed by atoms with Crippen LogP contribution in [-0.2, 0) is 30.4 Å². The number of amides is 5. The molecule has 1 aliphatic heterocycles. The molecule has 5 N–H and O–H groups in total. The number of rotatable bonds is 13. The topological polar surface area (TPSA) is 181 Å². The second kappa shape index (κ2) is 12.6. The number of fused-ring (bicyclic) bond motifs is 1. The van der Waals surface area contributed by atoms with Crippen LogP contribution in [0.1, 0.15) is 72.7 Å². The highest BCUT2D eigenvalue weighted by Gasteiger charge is 2.70.